The van der Waals surface area contributed by atoms with Crippen molar-refractivity contribution in [1.29, 1.82) is 0 Å². The number of urea groups is 1. The number of rotatable bonds is 12. The van der Waals surface area contributed by atoms with Crippen LogP contribution in [0.5, 0.6) is 5.75 Å². The molecule has 1 saturated heterocycles. The minimum absolute atomic E-state index is 0.0357. The third-order valence-electron chi connectivity index (χ3n) is 10.4. The van der Waals surface area contributed by atoms with Crippen LogP contribution < -0.4 is 10.1 Å². The van der Waals surface area contributed by atoms with Crippen LogP contribution in [0.1, 0.15) is 95.2 Å². The number of ether oxygens (including phenoxy) is 1. The molecule has 55 heavy (non-hydrogen) atoms. The van der Waals surface area contributed by atoms with E-state index in [9.17, 15) is 9.59 Å². The van der Waals surface area contributed by atoms with Gasteiger partial charge in [0.1, 0.15) is 11.6 Å². The summed E-state index contributed by atoms with van der Waals surface area (Å²) in [6.07, 6.45) is 11.3. The minimum Gasteiger partial charge on any atom is -0.493 e. The second-order valence-electron chi connectivity index (χ2n) is 16.3. The number of aliphatic imine (C=N–C) groups is 1. The number of halogens is 2. The molecule has 2 aliphatic rings. The monoisotopic (exact) mass is 785 g/mol. The topological polar surface area (TPSA) is 87.1 Å². The van der Waals surface area contributed by atoms with Crippen LogP contribution in [0.4, 0.5) is 4.79 Å². The summed E-state index contributed by atoms with van der Waals surface area (Å²) in [4.78, 5) is 42.0. The van der Waals surface area contributed by atoms with E-state index < -0.39 is 5.54 Å². The number of nitrogens with zero attached hydrogens (tertiary/aromatic N) is 4. The average Bonchev–Trinajstić information content (AvgIpc) is 3.14. The first-order valence-electron chi connectivity index (χ1n) is 19.5. The largest absolute Gasteiger partial charge is 0.493 e. The number of carbonyl (C=O) groups excluding carboxylic acids is 2. The maximum absolute atomic E-state index is 15.0. The van der Waals surface area contributed by atoms with Crippen LogP contribution in [0.25, 0.3) is 0 Å². The molecular formula is C45H57Cl2N5O3. The summed E-state index contributed by atoms with van der Waals surface area (Å²) in [5, 5.41) is 4.44. The molecule has 1 fully saturated rings. The molecule has 10 heteroatoms. The van der Waals surface area contributed by atoms with Gasteiger partial charge in [0, 0.05) is 65.4 Å². The lowest BCUT2D eigenvalue weighted by atomic mass is 9.83. The molecular weight excluding hydrogens is 729 g/mol. The normalized spacial score (nSPS) is 16.8. The number of amides is 3. The average molecular weight is 787 g/mol. The fourth-order valence-electron chi connectivity index (χ4n) is 7.08. The van der Waals surface area contributed by atoms with Crippen molar-refractivity contribution in [2.24, 2.45) is 16.8 Å². The molecule has 1 N–H and O–H groups in total. The van der Waals surface area contributed by atoms with E-state index >= 15 is 0 Å². The molecule has 1 aliphatic carbocycles. The summed E-state index contributed by atoms with van der Waals surface area (Å²) in [7, 11) is 0. The van der Waals surface area contributed by atoms with Crippen molar-refractivity contribution in [3.63, 3.8) is 0 Å². The number of nitrogens with one attached hydrogen (secondary N) is 1. The van der Waals surface area contributed by atoms with Gasteiger partial charge in [-0.1, -0.05) is 98.1 Å². The Kier molecular flexibility index (Phi) is 14.3. The maximum Gasteiger partial charge on any atom is 0.325 e. The molecule has 1 atom stereocenters. The highest BCUT2D eigenvalue weighted by Gasteiger charge is 2.35. The van der Waals surface area contributed by atoms with Gasteiger partial charge < -0.3 is 15.0 Å². The molecule has 3 aromatic rings. The van der Waals surface area contributed by atoms with Gasteiger partial charge in [0.2, 0.25) is 5.91 Å². The van der Waals surface area contributed by atoms with Crippen molar-refractivity contribution in [3.05, 3.63) is 117 Å². The number of allylic oxidation sites excluding steroid dienone is 3. The molecule has 3 amide bonds. The molecule has 1 unspecified atom stereocenters. The number of piperidine rings is 1. The van der Waals surface area contributed by atoms with E-state index in [4.69, 9.17) is 37.9 Å². The molecule has 5 rings (SSSR count). The Labute approximate surface area is 338 Å². The van der Waals surface area contributed by atoms with Crippen LogP contribution in [0.15, 0.2) is 89.0 Å². The maximum atomic E-state index is 15.0. The van der Waals surface area contributed by atoms with Gasteiger partial charge >= 0.3 is 6.03 Å². The highest BCUT2D eigenvalue weighted by atomic mass is 35.5. The Bertz CT molecular complexity index is 1890. The molecule has 2 heterocycles. The summed E-state index contributed by atoms with van der Waals surface area (Å²) < 4.78 is 6.31. The third kappa shape index (κ3) is 11.7. The first-order valence-corrected chi connectivity index (χ1v) is 20.3. The molecule has 8 nitrogen and oxygen atoms in total. The number of benzene rings is 2. The summed E-state index contributed by atoms with van der Waals surface area (Å²) >= 11 is 12.6. The van der Waals surface area contributed by atoms with Crippen LogP contribution in [0.3, 0.4) is 0 Å². The van der Waals surface area contributed by atoms with Gasteiger partial charge in [-0.05, 0) is 88.6 Å². The number of hydrogen-bond donors (Lipinski definition) is 1. The predicted molar refractivity (Wildman–Crippen MR) is 225 cm³/mol. The lowest BCUT2D eigenvalue weighted by molar-refractivity contribution is -0.122. The van der Waals surface area contributed by atoms with Crippen LogP contribution in [0, 0.1) is 18.8 Å². The van der Waals surface area contributed by atoms with Crippen LogP contribution in [-0.4, -0.2) is 64.3 Å². The molecule has 0 saturated carbocycles. The molecule has 294 valence electrons. The predicted octanol–water partition coefficient (Wildman–Crippen LogP) is 10.0. The summed E-state index contributed by atoms with van der Waals surface area (Å²) in [6.45, 7) is 16.9. The van der Waals surface area contributed by atoms with Crippen molar-refractivity contribution in [3.8, 4) is 5.75 Å². The molecule has 0 radical (unpaired) electrons. The van der Waals surface area contributed by atoms with E-state index in [2.05, 4.69) is 71.1 Å². The number of aryl methyl sites for hydroxylation is 1. The Morgan fingerprint density at radius 1 is 1.02 bits per heavy atom. The second-order valence-corrected chi connectivity index (χ2v) is 17.2. The molecule has 0 bridgehead atoms. The van der Waals surface area contributed by atoms with Crippen molar-refractivity contribution >= 4 is 41.0 Å². The first kappa shape index (κ1) is 42.0. The van der Waals surface area contributed by atoms with E-state index in [0.29, 0.717) is 59.9 Å². The lowest BCUT2D eigenvalue weighted by Crippen LogP contribution is -2.50. The van der Waals surface area contributed by atoms with Crippen LogP contribution in [0.2, 0.25) is 5.02 Å². The van der Waals surface area contributed by atoms with Crippen LogP contribution >= 0.6 is 23.2 Å². The zero-order chi connectivity index (χ0) is 39.8. The zero-order valence-electron chi connectivity index (χ0n) is 33.5. The second kappa shape index (κ2) is 18.7. The minimum atomic E-state index is -0.635. The number of pyridine rings is 1. The first-order chi connectivity index (χ1) is 26.1. The van der Waals surface area contributed by atoms with Gasteiger partial charge in [-0.15, -0.1) is 0 Å². The molecule has 1 aliphatic heterocycles. The van der Waals surface area contributed by atoms with Gasteiger partial charge in [0.05, 0.1) is 24.3 Å². The zero-order valence-corrected chi connectivity index (χ0v) is 35.0. The SMILES string of the molecule is CCOc1cc(C(C)(C)C)ncc1C(=NC(C)(C)C1C=CC(Cl)=CC1)N(Cc1ccc(Cl)cc1)C(=O)N1CCC(CC(=O)NCCc2cccc(C)c2)CC1. The van der Waals surface area contributed by atoms with E-state index in [1.165, 1.54) is 11.1 Å². The number of likely N-dealkylation sites (tertiary alicyclic amines) is 1. The number of hydrogen-bond acceptors (Lipinski definition) is 5. The smallest absolute Gasteiger partial charge is 0.325 e. The molecule has 1 aromatic heterocycles. The van der Waals surface area contributed by atoms with E-state index in [1.807, 2.05) is 60.4 Å². The quantitative estimate of drug-likeness (QED) is 0.146. The highest BCUT2D eigenvalue weighted by molar-refractivity contribution is 6.31. The van der Waals surface area contributed by atoms with Crippen molar-refractivity contribution < 1.29 is 14.3 Å². The van der Waals surface area contributed by atoms with Gasteiger partial charge in [-0.25, -0.2) is 4.79 Å². The Morgan fingerprint density at radius 2 is 1.75 bits per heavy atom. The van der Waals surface area contributed by atoms with Gasteiger partial charge in [-0.2, -0.15) is 0 Å². The number of aromatic nitrogens is 1. The van der Waals surface area contributed by atoms with Crippen LogP contribution in [-0.2, 0) is 23.2 Å². The lowest BCUT2D eigenvalue weighted by Gasteiger charge is -2.38. The summed E-state index contributed by atoms with van der Waals surface area (Å²) in [5.74, 6) is 1.40. The molecule has 2 aromatic carbocycles. The van der Waals surface area contributed by atoms with Crippen molar-refractivity contribution in [2.45, 2.75) is 98.1 Å². The summed E-state index contributed by atoms with van der Waals surface area (Å²) in [5.41, 5.74) is 4.01. The van der Waals surface area contributed by atoms with Crippen molar-refractivity contribution in [1.82, 2.24) is 20.1 Å². The highest BCUT2D eigenvalue weighted by Crippen LogP contribution is 2.35. The Hall–Kier alpha value is -4.14. The van der Waals surface area contributed by atoms with Crippen molar-refractivity contribution in [2.75, 3.05) is 26.2 Å². The van der Waals surface area contributed by atoms with Gasteiger partial charge in [0.25, 0.3) is 0 Å². The Balaban J connectivity index is 1.44. The van der Waals surface area contributed by atoms with Gasteiger partial charge in [0.15, 0.2) is 0 Å². The van der Waals surface area contributed by atoms with E-state index in [0.717, 1.165) is 36.9 Å². The standard InChI is InChI=1S/C45H57Cl2N5O3/c1-8-55-39-28-40(44(3,4)5)49-29-38(39)42(50-45(6,7)35-14-18-37(47)19-15-35)52(30-34-12-16-36(46)17-13-34)43(54)51-24-21-33(22-25-51)27-41(53)48-23-20-32-11-9-10-31(2)26-32/h9-14,16-19,26,28-29,33,35H,8,15,20-25,27,30H2,1-7H3,(H,48,53). The van der Waals surface area contributed by atoms with Gasteiger partial charge in [-0.3, -0.25) is 19.7 Å². The summed E-state index contributed by atoms with van der Waals surface area (Å²) in [6, 6.07) is 17.8. The van der Waals surface area contributed by atoms with E-state index in [-0.39, 0.29) is 35.7 Å². The third-order valence-corrected chi connectivity index (χ3v) is 11.0. The fraction of sp³-hybridized carbons (Fsp3) is 0.467. The number of carbonyl (C=O) groups is 2. The number of amidine groups is 1. The van der Waals surface area contributed by atoms with E-state index in [1.54, 1.807) is 11.1 Å². The fourth-order valence-corrected chi connectivity index (χ4v) is 7.37. The molecule has 0 spiro atoms. The Morgan fingerprint density at radius 3 is 2.38 bits per heavy atom.